The van der Waals surface area contributed by atoms with E-state index in [1.54, 1.807) is 35.7 Å². The standard InChI is InChI=1S/C19H22N4O4S2/c1-3-6-11(2)21-23-13-9-10-28-17(13)16(24)15(19(23)25)18-20-12-7-4-5-8-14(12)29(26,27)22-18/h4-5,7-11,21,24,26-27H,3,6H2,1-2H3,(H,20,22)/t11-/m1/s1. The highest BCUT2D eigenvalue weighted by Gasteiger charge is 2.30. The van der Waals surface area contributed by atoms with E-state index in [0.29, 0.717) is 15.9 Å². The number of nitrogens with one attached hydrogen (secondary N) is 2. The number of aromatic hydroxyl groups is 1. The van der Waals surface area contributed by atoms with Gasteiger partial charge in [-0.25, -0.2) is 4.68 Å². The highest BCUT2D eigenvalue weighted by atomic mass is 32.3. The molecule has 0 aliphatic carbocycles. The van der Waals surface area contributed by atoms with Crippen molar-refractivity contribution in [2.45, 2.75) is 37.6 Å². The van der Waals surface area contributed by atoms with Crippen molar-refractivity contribution >= 4 is 43.9 Å². The molecular weight excluding hydrogens is 412 g/mol. The van der Waals surface area contributed by atoms with Gasteiger partial charge in [-0.3, -0.25) is 13.9 Å². The number of aromatic nitrogens is 1. The first-order chi connectivity index (χ1) is 13.8. The molecule has 0 saturated carbocycles. The number of hydrogen-bond donors (Lipinski definition) is 5. The largest absolute Gasteiger partial charge is 0.505 e. The van der Waals surface area contributed by atoms with Crippen molar-refractivity contribution in [2.75, 3.05) is 10.7 Å². The lowest BCUT2D eigenvalue weighted by atomic mass is 10.2. The Morgan fingerprint density at radius 1 is 1.31 bits per heavy atom. The monoisotopic (exact) mass is 434 g/mol. The molecule has 29 heavy (non-hydrogen) atoms. The number of para-hydroxylation sites is 1. The van der Waals surface area contributed by atoms with Crippen LogP contribution in [0.3, 0.4) is 0 Å². The van der Waals surface area contributed by atoms with Crippen LogP contribution in [-0.2, 0) is 0 Å². The van der Waals surface area contributed by atoms with E-state index in [4.69, 9.17) is 0 Å². The van der Waals surface area contributed by atoms with Gasteiger partial charge in [0.15, 0.2) is 11.6 Å². The summed E-state index contributed by atoms with van der Waals surface area (Å²) >= 11 is 1.29. The molecule has 0 unspecified atom stereocenters. The second-order valence-corrected chi connectivity index (χ2v) is 9.47. The first kappa shape index (κ1) is 19.8. The fraction of sp³-hybridized carbons (Fsp3) is 0.263. The summed E-state index contributed by atoms with van der Waals surface area (Å²) in [6, 6.07) is 8.43. The van der Waals surface area contributed by atoms with Crippen LogP contribution in [0.2, 0.25) is 0 Å². The van der Waals surface area contributed by atoms with Gasteiger partial charge in [0, 0.05) is 6.04 Å². The summed E-state index contributed by atoms with van der Waals surface area (Å²) in [5.41, 5.74) is 3.56. The summed E-state index contributed by atoms with van der Waals surface area (Å²) in [5.74, 6) is -0.303. The van der Waals surface area contributed by atoms with Gasteiger partial charge in [-0.2, -0.15) is 0 Å². The molecule has 1 aliphatic rings. The van der Waals surface area contributed by atoms with Crippen molar-refractivity contribution in [3.8, 4) is 5.75 Å². The van der Waals surface area contributed by atoms with E-state index in [-0.39, 0.29) is 28.1 Å². The molecule has 0 amide bonds. The normalized spacial score (nSPS) is 17.2. The average Bonchev–Trinajstić information content (AvgIpc) is 3.15. The zero-order chi connectivity index (χ0) is 20.8. The zero-order valence-corrected chi connectivity index (χ0v) is 17.5. The third-order valence-electron chi connectivity index (χ3n) is 4.72. The van der Waals surface area contributed by atoms with Crippen molar-refractivity contribution < 1.29 is 14.2 Å². The maximum absolute atomic E-state index is 13.3. The van der Waals surface area contributed by atoms with Crippen LogP contribution >= 0.6 is 22.1 Å². The predicted molar refractivity (Wildman–Crippen MR) is 119 cm³/mol. The second-order valence-electron chi connectivity index (χ2n) is 6.90. The molecule has 0 radical (unpaired) electrons. The molecule has 0 bridgehead atoms. The van der Waals surface area contributed by atoms with Crippen LogP contribution in [0.4, 0.5) is 5.69 Å². The van der Waals surface area contributed by atoms with Crippen molar-refractivity contribution in [2.24, 2.45) is 4.40 Å². The maximum Gasteiger partial charge on any atom is 0.284 e. The molecule has 1 aliphatic heterocycles. The number of nitrogens with zero attached hydrogens (tertiary/aromatic N) is 2. The van der Waals surface area contributed by atoms with E-state index < -0.39 is 16.3 Å². The highest BCUT2D eigenvalue weighted by Crippen LogP contribution is 2.55. The number of benzene rings is 1. The predicted octanol–water partition coefficient (Wildman–Crippen LogP) is 4.40. The summed E-state index contributed by atoms with van der Waals surface area (Å²) in [7, 11) is -3.51. The van der Waals surface area contributed by atoms with Gasteiger partial charge >= 0.3 is 0 Å². The third kappa shape index (κ3) is 3.38. The van der Waals surface area contributed by atoms with E-state index in [1.165, 1.54) is 16.0 Å². The summed E-state index contributed by atoms with van der Waals surface area (Å²) in [6.45, 7) is 4.04. The van der Waals surface area contributed by atoms with E-state index in [9.17, 15) is 19.0 Å². The lowest BCUT2D eigenvalue weighted by molar-refractivity contribution is 0.478. The van der Waals surface area contributed by atoms with E-state index in [0.717, 1.165) is 12.8 Å². The Hall–Kier alpha value is -2.53. The molecule has 4 rings (SSSR count). The third-order valence-corrected chi connectivity index (χ3v) is 7.01. The van der Waals surface area contributed by atoms with E-state index in [1.807, 2.05) is 6.92 Å². The average molecular weight is 435 g/mol. The van der Waals surface area contributed by atoms with Crippen molar-refractivity contribution in [1.29, 1.82) is 0 Å². The van der Waals surface area contributed by atoms with Gasteiger partial charge in [-0.1, -0.05) is 36.3 Å². The topological polar surface area (TPSA) is 119 Å². The van der Waals surface area contributed by atoms with Crippen LogP contribution in [0.25, 0.3) is 10.2 Å². The molecule has 8 nitrogen and oxygen atoms in total. The van der Waals surface area contributed by atoms with Gasteiger partial charge in [0.2, 0.25) is 0 Å². The van der Waals surface area contributed by atoms with Gasteiger partial charge in [0.1, 0.15) is 10.5 Å². The summed E-state index contributed by atoms with van der Waals surface area (Å²) in [4.78, 5) is 13.6. The zero-order valence-electron chi connectivity index (χ0n) is 15.9. The molecule has 5 N–H and O–H groups in total. The van der Waals surface area contributed by atoms with Crippen LogP contribution in [0.15, 0.2) is 49.8 Å². The summed E-state index contributed by atoms with van der Waals surface area (Å²) in [5, 5.41) is 15.6. The molecule has 3 heterocycles. The molecular formula is C19H22N4O4S2. The molecule has 0 spiro atoms. The molecule has 2 aromatic heterocycles. The first-order valence-corrected chi connectivity index (χ1v) is 11.6. The Balaban J connectivity index is 1.91. The number of pyridine rings is 1. The highest BCUT2D eigenvalue weighted by molar-refractivity contribution is 8.23. The minimum Gasteiger partial charge on any atom is -0.505 e. The van der Waals surface area contributed by atoms with Gasteiger partial charge in [-0.15, -0.1) is 15.7 Å². The molecule has 0 saturated heterocycles. The lowest BCUT2D eigenvalue weighted by Crippen LogP contribution is -2.38. The lowest BCUT2D eigenvalue weighted by Gasteiger charge is -2.34. The van der Waals surface area contributed by atoms with E-state index >= 15 is 0 Å². The Labute approximate surface area is 173 Å². The number of amidine groups is 1. The summed E-state index contributed by atoms with van der Waals surface area (Å²) < 4.78 is 26.9. The molecule has 0 fully saturated rings. The first-order valence-electron chi connectivity index (χ1n) is 9.19. The molecule has 10 heteroatoms. The number of anilines is 1. The molecule has 1 aromatic carbocycles. The van der Waals surface area contributed by atoms with Gasteiger partial charge in [0.05, 0.1) is 15.9 Å². The fourth-order valence-corrected chi connectivity index (χ4v) is 5.39. The number of hydrogen-bond acceptors (Lipinski definition) is 8. The van der Waals surface area contributed by atoms with Crippen LogP contribution in [0.1, 0.15) is 32.3 Å². The maximum atomic E-state index is 13.3. The van der Waals surface area contributed by atoms with Crippen LogP contribution in [0.5, 0.6) is 5.75 Å². The molecule has 1 atom stereocenters. The second kappa shape index (κ2) is 7.38. The fourth-order valence-electron chi connectivity index (χ4n) is 3.40. The van der Waals surface area contributed by atoms with Crippen molar-refractivity contribution in [3.63, 3.8) is 0 Å². The van der Waals surface area contributed by atoms with Crippen LogP contribution in [0, 0.1) is 0 Å². The molecule has 154 valence electrons. The quantitative estimate of drug-likeness (QED) is 0.406. The van der Waals surface area contributed by atoms with E-state index in [2.05, 4.69) is 22.1 Å². The van der Waals surface area contributed by atoms with Crippen LogP contribution < -0.4 is 16.3 Å². The Morgan fingerprint density at radius 2 is 2.07 bits per heavy atom. The summed E-state index contributed by atoms with van der Waals surface area (Å²) in [6.07, 6.45) is 1.81. The minimum atomic E-state index is -3.51. The Kier molecular flexibility index (Phi) is 5.03. The van der Waals surface area contributed by atoms with Crippen molar-refractivity contribution in [3.05, 3.63) is 51.6 Å². The Morgan fingerprint density at radius 3 is 2.83 bits per heavy atom. The van der Waals surface area contributed by atoms with Gasteiger partial charge < -0.3 is 15.8 Å². The van der Waals surface area contributed by atoms with Gasteiger partial charge in [0.25, 0.3) is 5.56 Å². The number of thiophene rings is 1. The van der Waals surface area contributed by atoms with Crippen molar-refractivity contribution in [1.82, 2.24) is 4.68 Å². The number of rotatable bonds is 5. The number of fused-ring (bicyclic) bond motifs is 2. The smallest absolute Gasteiger partial charge is 0.284 e. The van der Waals surface area contributed by atoms with Gasteiger partial charge in [-0.05, 0) is 36.9 Å². The SMILES string of the molecule is CCC[C@@H](C)Nn1c(=O)c(C2=NS(O)(O)c3ccccc3N2)c(O)c2sccc21. The molecule has 3 aromatic rings. The van der Waals surface area contributed by atoms with Crippen LogP contribution in [-0.4, -0.2) is 30.8 Å². The Bertz CT molecular complexity index is 1170. The minimum absolute atomic E-state index is 0.0283.